The topological polar surface area (TPSA) is 78.5 Å². The number of benzene rings is 1. The lowest BCUT2D eigenvalue weighted by Crippen LogP contribution is -2.40. The molecule has 0 saturated carbocycles. The van der Waals surface area contributed by atoms with E-state index in [0.717, 1.165) is 0 Å². The van der Waals surface area contributed by atoms with E-state index in [0.29, 0.717) is 35.2 Å². The molecule has 0 radical (unpaired) electrons. The molecule has 1 saturated heterocycles. The Bertz CT molecular complexity index is 651. The highest BCUT2D eigenvalue weighted by Crippen LogP contribution is 2.21. The van der Waals surface area contributed by atoms with Crippen molar-refractivity contribution in [2.24, 2.45) is 0 Å². The van der Waals surface area contributed by atoms with Gasteiger partial charge in [-0.3, -0.25) is 14.5 Å². The second-order valence-electron chi connectivity index (χ2n) is 5.90. The first kappa shape index (κ1) is 18.6. The van der Waals surface area contributed by atoms with Gasteiger partial charge in [0.1, 0.15) is 5.54 Å². The van der Waals surface area contributed by atoms with E-state index in [2.05, 4.69) is 10.6 Å². The van der Waals surface area contributed by atoms with E-state index in [1.807, 2.05) is 0 Å². The number of urea groups is 1. The van der Waals surface area contributed by atoms with Crippen molar-refractivity contribution in [3.8, 4) is 0 Å². The van der Waals surface area contributed by atoms with Crippen LogP contribution in [0, 0.1) is 0 Å². The number of amides is 4. The first-order valence-corrected chi connectivity index (χ1v) is 9.11. The van der Waals surface area contributed by atoms with Crippen LogP contribution in [0.5, 0.6) is 0 Å². The van der Waals surface area contributed by atoms with Crippen molar-refractivity contribution >= 4 is 46.9 Å². The van der Waals surface area contributed by atoms with Gasteiger partial charge in [0, 0.05) is 24.5 Å². The zero-order valence-corrected chi connectivity index (χ0v) is 15.2. The van der Waals surface area contributed by atoms with Gasteiger partial charge in [0.25, 0.3) is 5.91 Å². The largest absolute Gasteiger partial charge is 0.325 e. The van der Waals surface area contributed by atoms with Gasteiger partial charge in [-0.1, -0.05) is 23.7 Å². The quantitative estimate of drug-likeness (QED) is 0.572. The molecule has 1 heterocycles. The summed E-state index contributed by atoms with van der Waals surface area (Å²) in [6, 6.07) is 6.70. The number of nitrogens with zero attached hydrogens (tertiary/aromatic N) is 1. The van der Waals surface area contributed by atoms with E-state index in [1.165, 1.54) is 16.7 Å². The molecular formula is C16H20ClN3O3S. The maximum atomic E-state index is 12.0. The molecule has 0 atom stereocenters. The molecule has 130 valence electrons. The van der Waals surface area contributed by atoms with Crippen LogP contribution in [0.25, 0.3) is 0 Å². The molecule has 1 fully saturated rings. The maximum Gasteiger partial charge on any atom is 0.325 e. The molecule has 0 spiro atoms. The molecule has 24 heavy (non-hydrogen) atoms. The maximum absolute atomic E-state index is 12.0. The summed E-state index contributed by atoms with van der Waals surface area (Å²) in [6.07, 6.45) is 0.335. The average Bonchev–Trinajstić information content (AvgIpc) is 2.70. The number of thioether (sulfide) groups is 1. The van der Waals surface area contributed by atoms with Gasteiger partial charge in [-0.15, -0.1) is 0 Å². The van der Waals surface area contributed by atoms with Crippen LogP contribution in [0.4, 0.5) is 10.5 Å². The normalized spacial score (nSPS) is 16.2. The highest BCUT2D eigenvalue weighted by molar-refractivity contribution is 7.99. The average molecular weight is 370 g/mol. The molecule has 6 nitrogen and oxygen atoms in total. The van der Waals surface area contributed by atoms with Gasteiger partial charge in [-0.25, -0.2) is 4.79 Å². The minimum absolute atomic E-state index is 0.119. The fourth-order valence-corrected chi connectivity index (χ4v) is 3.25. The summed E-state index contributed by atoms with van der Waals surface area (Å²) in [4.78, 5) is 36.8. The van der Waals surface area contributed by atoms with Gasteiger partial charge >= 0.3 is 6.03 Å². The van der Waals surface area contributed by atoms with Gasteiger partial charge < -0.3 is 10.6 Å². The number of carbonyl (C=O) groups excluding carboxylic acids is 3. The molecule has 8 heteroatoms. The molecular weight excluding hydrogens is 350 g/mol. The Balaban J connectivity index is 1.67. The van der Waals surface area contributed by atoms with Crippen molar-refractivity contribution in [3.63, 3.8) is 0 Å². The third kappa shape index (κ3) is 4.64. The van der Waals surface area contributed by atoms with E-state index in [4.69, 9.17) is 11.6 Å². The Kier molecular flexibility index (Phi) is 6.12. The van der Waals surface area contributed by atoms with Crippen molar-refractivity contribution in [3.05, 3.63) is 29.3 Å². The number of rotatable bonds is 7. The van der Waals surface area contributed by atoms with Crippen LogP contribution in [0.1, 0.15) is 20.3 Å². The van der Waals surface area contributed by atoms with E-state index < -0.39 is 5.54 Å². The third-order valence-electron chi connectivity index (χ3n) is 3.53. The standard InChI is InChI=1S/C16H20ClN3O3S/c1-16(2)14(22)20(15(23)19-16)8-10-24-9-7-13(21)18-12-6-4-3-5-11(12)17/h3-6H,7-10H2,1-2H3,(H,18,21)(H,19,23). The molecule has 2 rings (SSSR count). The van der Waals surface area contributed by atoms with Crippen molar-refractivity contribution in [2.45, 2.75) is 25.8 Å². The summed E-state index contributed by atoms with van der Waals surface area (Å²) in [7, 11) is 0. The number of halogens is 1. The van der Waals surface area contributed by atoms with Crippen LogP contribution in [0.15, 0.2) is 24.3 Å². The minimum Gasteiger partial charge on any atom is -0.325 e. The van der Waals surface area contributed by atoms with Crippen LogP contribution >= 0.6 is 23.4 Å². The lowest BCUT2D eigenvalue weighted by molar-refractivity contribution is -0.130. The summed E-state index contributed by atoms with van der Waals surface area (Å²) in [6.45, 7) is 3.70. The number of hydrogen-bond donors (Lipinski definition) is 2. The molecule has 0 unspecified atom stereocenters. The zero-order chi connectivity index (χ0) is 17.7. The van der Waals surface area contributed by atoms with Gasteiger partial charge in [0.05, 0.1) is 10.7 Å². The third-order valence-corrected chi connectivity index (χ3v) is 4.82. The Morgan fingerprint density at radius 3 is 2.62 bits per heavy atom. The Hall–Kier alpha value is -1.73. The van der Waals surface area contributed by atoms with Crippen molar-refractivity contribution in [1.29, 1.82) is 0 Å². The summed E-state index contributed by atoms with van der Waals surface area (Å²) in [5.41, 5.74) is -0.243. The second-order valence-corrected chi connectivity index (χ2v) is 7.53. The second kappa shape index (κ2) is 7.90. The zero-order valence-electron chi connectivity index (χ0n) is 13.6. The van der Waals surface area contributed by atoms with Crippen LogP contribution in [0.3, 0.4) is 0 Å². The van der Waals surface area contributed by atoms with Crippen molar-refractivity contribution < 1.29 is 14.4 Å². The van der Waals surface area contributed by atoms with Gasteiger partial charge in [0.2, 0.25) is 5.91 Å². The molecule has 0 bridgehead atoms. The lowest BCUT2D eigenvalue weighted by Gasteiger charge is -2.15. The van der Waals surface area contributed by atoms with Crippen LogP contribution in [-0.4, -0.2) is 46.3 Å². The molecule has 1 aromatic carbocycles. The molecule has 1 aliphatic rings. The SMILES string of the molecule is CC1(C)NC(=O)N(CCSCCC(=O)Nc2ccccc2Cl)C1=O. The summed E-state index contributed by atoms with van der Waals surface area (Å²) in [5.74, 6) is 0.856. The van der Waals surface area contributed by atoms with Gasteiger partial charge in [0.15, 0.2) is 0 Å². The molecule has 0 aliphatic carbocycles. The first-order valence-electron chi connectivity index (χ1n) is 7.57. The smallest absolute Gasteiger partial charge is 0.325 e. The minimum atomic E-state index is -0.837. The number of carbonyl (C=O) groups is 3. The van der Waals surface area contributed by atoms with Crippen LogP contribution in [0.2, 0.25) is 5.02 Å². The van der Waals surface area contributed by atoms with Crippen molar-refractivity contribution in [1.82, 2.24) is 10.2 Å². The van der Waals surface area contributed by atoms with E-state index in [1.54, 1.807) is 38.1 Å². The predicted molar refractivity (Wildman–Crippen MR) is 96.3 cm³/mol. The lowest BCUT2D eigenvalue weighted by atomic mass is 10.1. The number of nitrogens with one attached hydrogen (secondary N) is 2. The van der Waals surface area contributed by atoms with E-state index >= 15 is 0 Å². The van der Waals surface area contributed by atoms with Gasteiger partial charge in [-0.2, -0.15) is 11.8 Å². The number of imide groups is 1. The van der Waals surface area contributed by atoms with Crippen LogP contribution in [-0.2, 0) is 9.59 Å². The van der Waals surface area contributed by atoms with Gasteiger partial charge in [-0.05, 0) is 26.0 Å². The molecule has 0 aromatic heterocycles. The molecule has 4 amide bonds. The van der Waals surface area contributed by atoms with E-state index in [9.17, 15) is 14.4 Å². The monoisotopic (exact) mass is 369 g/mol. The Labute approximate surface area is 150 Å². The summed E-state index contributed by atoms with van der Waals surface area (Å²) >= 11 is 7.50. The fraction of sp³-hybridized carbons (Fsp3) is 0.438. The summed E-state index contributed by atoms with van der Waals surface area (Å²) in [5, 5.41) is 5.89. The molecule has 1 aliphatic heterocycles. The number of para-hydroxylation sites is 1. The van der Waals surface area contributed by atoms with Crippen LogP contribution < -0.4 is 10.6 Å². The fourth-order valence-electron chi connectivity index (χ4n) is 2.22. The van der Waals surface area contributed by atoms with E-state index in [-0.39, 0.29) is 17.8 Å². The number of anilines is 1. The predicted octanol–water partition coefficient (Wildman–Crippen LogP) is 2.73. The first-order chi connectivity index (χ1) is 11.3. The molecule has 2 N–H and O–H groups in total. The number of hydrogen-bond acceptors (Lipinski definition) is 4. The van der Waals surface area contributed by atoms with Crippen molar-refractivity contribution in [2.75, 3.05) is 23.4 Å². The Morgan fingerprint density at radius 2 is 2.00 bits per heavy atom. The summed E-state index contributed by atoms with van der Waals surface area (Å²) < 4.78 is 0. The molecule has 1 aromatic rings. The highest BCUT2D eigenvalue weighted by Gasteiger charge is 2.43. The highest BCUT2D eigenvalue weighted by atomic mass is 35.5. The Morgan fingerprint density at radius 1 is 1.29 bits per heavy atom.